The van der Waals surface area contributed by atoms with Crippen molar-refractivity contribution in [2.24, 2.45) is 7.05 Å². The van der Waals surface area contributed by atoms with E-state index in [-0.39, 0.29) is 0 Å². The molecule has 1 aliphatic rings. The largest absolute Gasteiger partial charge is 0.370 e. The van der Waals surface area contributed by atoms with Crippen LogP contribution >= 0.6 is 11.6 Å². The first-order chi connectivity index (χ1) is 10.1. The highest BCUT2D eigenvalue weighted by molar-refractivity contribution is 6.30. The lowest BCUT2D eigenvalue weighted by atomic mass is 10.1. The number of halogens is 1. The van der Waals surface area contributed by atoms with Gasteiger partial charge in [-0.05, 0) is 30.5 Å². The second-order valence-corrected chi connectivity index (χ2v) is 6.24. The quantitative estimate of drug-likeness (QED) is 0.891. The van der Waals surface area contributed by atoms with Gasteiger partial charge in [0, 0.05) is 55.7 Å². The molecule has 0 spiro atoms. The maximum atomic E-state index is 6.18. The summed E-state index contributed by atoms with van der Waals surface area (Å²) >= 11 is 6.18. The molecule has 0 atom stereocenters. The Kier molecular flexibility index (Phi) is 4.17. The van der Waals surface area contributed by atoms with Gasteiger partial charge in [0.05, 0.1) is 6.20 Å². The summed E-state index contributed by atoms with van der Waals surface area (Å²) < 4.78 is 1.83. The predicted molar refractivity (Wildman–Crippen MR) is 86.6 cm³/mol. The highest BCUT2D eigenvalue weighted by atomic mass is 35.5. The molecule has 0 radical (unpaired) electrons. The average Bonchev–Trinajstić information content (AvgIpc) is 3.20. The molecule has 0 bridgehead atoms. The molecule has 1 heterocycles. The number of rotatable bonds is 6. The van der Waals surface area contributed by atoms with Gasteiger partial charge in [-0.2, -0.15) is 5.10 Å². The molecular formula is C16H21ClN4. The Morgan fingerprint density at radius 1 is 1.43 bits per heavy atom. The molecule has 3 rings (SSSR count). The lowest BCUT2D eigenvalue weighted by Crippen LogP contribution is -2.21. The summed E-state index contributed by atoms with van der Waals surface area (Å²) in [5.74, 6) is 0. The van der Waals surface area contributed by atoms with Gasteiger partial charge in [0.25, 0.3) is 0 Å². The van der Waals surface area contributed by atoms with Crippen molar-refractivity contribution in [3.63, 3.8) is 0 Å². The van der Waals surface area contributed by atoms with Crippen molar-refractivity contribution < 1.29 is 0 Å². The van der Waals surface area contributed by atoms with Crippen LogP contribution in [-0.4, -0.2) is 22.9 Å². The van der Waals surface area contributed by atoms with Gasteiger partial charge < -0.3 is 10.2 Å². The second kappa shape index (κ2) is 6.08. The van der Waals surface area contributed by atoms with Crippen molar-refractivity contribution in [1.82, 2.24) is 15.1 Å². The van der Waals surface area contributed by atoms with Crippen molar-refractivity contribution in [2.75, 3.05) is 11.9 Å². The Balaban J connectivity index is 1.75. The first-order valence-electron chi connectivity index (χ1n) is 7.32. The van der Waals surface area contributed by atoms with Crippen LogP contribution in [0.2, 0.25) is 5.02 Å². The van der Waals surface area contributed by atoms with E-state index in [1.54, 1.807) is 0 Å². The lowest BCUT2D eigenvalue weighted by molar-refractivity contribution is 0.685. The maximum absolute atomic E-state index is 6.18. The molecule has 1 N–H and O–H groups in total. The zero-order valence-electron chi connectivity index (χ0n) is 12.5. The highest BCUT2D eigenvalue weighted by Gasteiger charge is 2.21. The Hall–Kier alpha value is -1.52. The summed E-state index contributed by atoms with van der Waals surface area (Å²) in [5, 5.41) is 8.57. The van der Waals surface area contributed by atoms with Crippen LogP contribution in [0.1, 0.15) is 24.0 Å². The van der Waals surface area contributed by atoms with Crippen molar-refractivity contribution in [3.8, 4) is 0 Å². The van der Waals surface area contributed by atoms with Gasteiger partial charge in [-0.1, -0.05) is 17.7 Å². The van der Waals surface area contributed by atoms with Crippen molar-refractivity contribution >= 4 is 17.3 Å². The number of aromatic nitrogens is 2. The predicted octanol–water partition coefficient (Wildman–Crippen LogP) is 2.96. The zero-order valence-corrected chi connectivity index (χ0v) is 13.3. The summed E-state index contributed by atoms with van der Waals surface area (Å²) in [6.45, 7) is 1.72. The van der Waals surface area contributed by atoms with Gasteiger partial charge in [0.2, 0.25) is 0 Å². The number of hydrogen-bond donors (Lipinski definition) is 1. The van der Waals surface area contributed by atoms with E-state index < -0.39 is 0 Å². The topological polar surface area (TPSA) is 33.1 Å². The zero-order chi connectivity index (χ0) is 14.8. The van der Waals surface area contributed by atoms with Crippen molar-refractivity contribution in [1.29, 1.82) is 0 Å². The summed E-state index contributed by atoms with van der Waals surface area (Å²) in [6.07, 6.45) is 6.55. The number of aryl methyl sites for hydroxylation is 1. The molecule has 1 aliphatic carbocycles. The minimum atomic E-state index is 0.706. The summed E-state index contributed by atoms with van der Waals surface area (Å²) in [5.41, 5.74) is 3.67. The van der Waals surface area contributed by atoms with E-state index in [0.717, 1.165) is 18.1 Å². The molecule has 1 fully saturated rings. The number of nitrogens with one attached hydrogen (secondary N) is 1. The minimum Gasteiger partial charge on any atom is -0.370 e. The summed E-state index contributed by atoms with van der Waals surface area (Å²) in [4.78, 5) is 2.23. The lowest BCUT2D eigenvalue weighted by Gasteiger charge is -2.22. The molecule has 2 aromatic rings. The first-order valence-corrected chi connectivity index (χ1v) is 7.70. The van der Waals surface area contributed by atoms with Crippen molar-refractivity contribution in [3.05, 3.63) is 46.7 Å². The second-order valence-electron chi connectivity index (χ2n) is 5.81. The smallest absolute Gasteiger partial charge is 0.0539 e. The molecule has 1 saturated carbocycles. The third-order valence-electron chi connectivity index (χ3n) is 3.80. The Bertz CT molecular complexity index is 618. The Labute approximate surface area is 130 Å². The van der Waals surface area contributed by atoms with Crippen LogP contribution in [0.15, 0.2) is 30.6 Å². The molecule has 0 amide bonds. The van der Waals surface area contributed by atoms with Gasteiger partial charge >= 0.3 is 0 Å². The first kappa shape index (κ1) is 14.4. The molecule has 112 valence electrons. The minimum absolute atomic E-state index is 0.706. The fourth-order valence-corrected chi connectivity index (χ4v) is 2.66. The molecular weight excluding hydrogens is 284 g/mol. The van der Waals surface area contributed by atoms with Crippen LogP contribution in [0.4, 0.5) is 5.69 Å². The van der Waals surface area contributed by atoms with Crippen LogP contribution in [0.5, 0.6) is 0 Å². The van der Waals surface area contributed by atoms with Crippen LogP contribution in [0, 0.1) is 0 Å². The summed E-state index contributed by atoms with van der Waals surface area (Å²) in [6, 6.07) is 6.83. The van der Waals surface area contributed by atoms with Crippen molar-refractivity contribution in [2.45, 2.75) is 32.0 Å². The van der Waals surface area contributed by atoms with Crippen LogP contribution in [0.3, 0.4) is 0 Å². The van der Waals surface area contributed by atoms with E-state index in [9.17, 15) is 0 Å². The van der Waals surface area contributed by atoms with E-state index in [2.05, 4.69) is 28.4 Å². The number of anilines is 1. The standard InChI is InChI=1S/C16H21ClN4/c1-20(10-12-8-19-21(2)11-12)16-7-14(17)4-3-13(16)9-18-15-5-6-15/h3-4,7-8,11,15,18H,5-6,9-10H2,1-2H3. The van der Waals surface area contributed by atoms with Gasteiger partial charge in [-0.25, -0.2) is 0 Å². The SMILES string of the molecule is CN(Cc1cnn(C)c1)c1cc(Cl)ccc1CNC1CC1. The Morgan fingerprint density at radius 2 is 2.24 bits per heavy atom. The third kappa shape index (κ3) is 3.77. The molecule has 0 aliphatic heterocycles. The maximum Gasteiger partial charge on any atom is 0.0539 e. The molecule has 0 saturated heterocycles. The van der Waals surface area contributed by atoms with E-state index in [1.165, 1.54) is 29.7 Å². The molecule has 1 aromatic carbocycles. The average molecular weight is 305 g/mol. The molecule has 5 heteroatoms. The Morgan fingerprint density at radius 3 is 2.90 bits per heavy atom. The van der Waals surface area contributed by atoms with E-state index in [0.29, 0.717) is 6.04 Å². The van der Waals surface area contributed by atoms with Gasteiger partial charge in [-0.3, -0.25) is 4.68 Å². The molecule has 0 unspecified atom stereocenters. The molecule has 4 nitrogen and oxygen atoms in total. The number of benzene rings is 1. The molecule has 21 heavy (non-hydrogen) atoms. The fraction of sp³-hybridized carbons (Fsp3) is 0.438. The number of hydrogen-bond acceptors (Lipinski definition) is 3. The normalized spacial score (nSPS) is 14.4. The fourth-order valence-electron chi connectivity index (χ4n) is 2.50. The monoisotopic (exact) mass is 304 g/mol. The number of nitrogens with zero attached hydrogens (tertiary/aromatic N) is 3. The van der Waals surface area contributed by atoms with Gasteiger partial charge in [0.1, 0.15) is 0 Å². The van der Waals surface area contributed by atoms with Crippen LogP contribution in [-0.2, 0) is 20.1 Å². The summed E-state index contributed by atoms with van der Waals surface area (Å²) in [7, 11) is 4.03. The van der Waals surface area contributed by atoms with E-state index in [4.69, 9.17) is 11.6 Å². The van der Waals surface area contributed by atoms with E-state index >= 15 is 0 Å². The molecule has 1 aromatic heterocycles. The van der Waals surface area contributed by atoms with Crippen LogP contribution in [0.25, 0.3) is 0 Å². The highest BCUT2D eigenvalue weighted by Crippen LogP contribution is 2.27. The third-order valence-corrected chi connectivity index (χ3v) is 4.03. The van der Waals surface area contributed by atoms with Gasteiger partial charge in [-0.15, -0.1) is 0 Å². The van der Waals surface area contributed by atoms with Crippen LogP contribution < -0.4 is 10.2 Å². The van der Waals surface area contributed by atoms with E-state index in [1.807, 2.05) is 36.3 Å². The van der Waals surface area contributed by atoms with Gasteiger partial charge in [0.15, 0.2) is 0 Å².